The molecule has 0 bridgehead atoms. The number of nitrogens with two attached hydrogens (primary N) is 1. The maximum atomic E-state index is 12.4. The van der Waals surface area contributed by atoms with Crippen molar-refractivity contribution in [3.8, 4) is 17.6 Å². The number of hydrogen-bond donors (Lipinski definition) is 1. The molecule has 116 valence electrons. The van der Waals surface area contributed by atoms with Crippen molar-refractivity contribution in [1.82, 2.24) is 4.31 Å². The number of nitrogens with zero attached hydrogens (tertiary/aromatic N) is 1. The van der Waals surface area contributed by atoms with Gasteiger partial charge in [-0.1, -0.05) is 11.8 Å². The molecule has 21 heavy (non-hydrogen) atoms. The summed E-state index contributed by atoms with van der Waals surface area (Å²) in [4.78, 5) is 0.156. The predicted octanol–water partition coefficient (Wildman–Crippen LogP) is 0.272. The monoisotopic (exact) mass is 312 g/mol. The van der Waals surface area contributed by atoms with Crippen LogP contribution >= 0.6 is 0 Å². The Morgan fingerprint density at radius 1 is 1.33 bits per heavy atom. The van der Waals surface area contributed by atoms with E-state index < -0.39 is 10.0 Å². The number of rotatable bonds is 6. The highest BCUT2D eigenvalue weighted by Gasteiger charge is 2.21. The van der Waals surface area contributed by atoms with Crippen molar-refractivity contribution in [2.24, 2.45) is 5.73 Å². The van der Waals surface area contributed by atoms with Crippen molar-refractivity contribution in [2.75, 3.05) is 41.0 Å². The van der Waals surface area contributed by atoms with Gasteiger partial charge in [0.05, 0.1) is 30.7 Å². The van der Waals surface area contributed by atoms with Crippen molar-refractivity contribution in [3.05, 3.63) is 23.8 Å². The van der Waals surface area contributed by atoms with Crippen LogP contribution in [0.5, 0.6) is 5.75 Å². The van der Waals surface area contributed by atoms with Crippen LogP contribution < -0.4 is 10.5 Å². The summed E-state index contributed by atoms with van der Waals surface area (Å²) in [5.41, 5.74) is 5.83. The number of likely N-dealkylation sites (N-methyl/N-ethyl adjacent to an activating group) is 1. The minimum Gasteiger partial charge on any atom is -0.495 e. The third-order valence-electron chi connectivity index (χ3n) is 2.81. The molecular weight excluding hydrogens is 292 g/mol. The molecule has 0 amide bonds. The Labute approximate surface area is 125 Å². The van der Waals surface area contributed by atoms with Gasteiger partial charge in [-0.05, 0) is 18.2 Å². The minimum atomic E-state index is -3.58. The Balaban J connectivity index is 3.18. The molecule has 0 heterocycles. The van der Waals surface area contributed by atoms with Gasteiger partial charge < -0.3 is 15.2 Å². The maximum absolute atomic E-state index is 12.4. The van der Waals surface area contributed by atoms with E-state index in [-0.39, 0.29) is 18.0 Å². The van der Waals surface area contributed by atoms with E-state index in [9.17, 15) is 8.42 Å². The Bertz CT molecular complexity index is 632. The van der Waals surface area contributed by atoms with Gasteiger partial charge in [0, 0.05) is 20.7 Å². The van der Waals surface area contributed by atoms with Crippen LogP contribution in [0.2, 0.25) is 0 Å². The Morgan fingerprint density at radius 2 is 2.05 bits per heavy atom. The second kappa shape index (κ2) is 8.00. The molecule has 0 saturated heterocycles. The number of methoxy groups -OCH3 is 2. The van der Waals surface area contributed by atoms with E-state index in [1.165, 1.54) is 37.7 Å². The first-order valence-electron chi connectivity index (χ1n) is 6.29. The lowest BCUT2D eigenvalue weighted by Gasteiger charge is -2.17. The molecule has 6 nitrogen and oxygen atoms in total. The number of ether oxygens (including phenoxy) is 2. The van der Waals surface area contributed by atoms with Gasteiger partial charge in [0.25, 0.3) is 0 Å². The molecule has 1 rings (SSSR count). The summed E-state index contributed by atoms with van der Waals surface area (Å²) < 4.78 is 36.1. The first-order valence-corrected chi connectivity index (χ1v) is 7.73. The first kappa shape index (κ1) is 17.5. The number of benzene rings is 1. The summed E-state index contributed by atoms with van der Waals surface area (Å²) in [5.74, 6) is 6.01. The fourth-order valence-electron chi connectivity index (χ4n) is 1.61. The standard InChI is InChI=1S/C14H20N2O4S/c1-16(9-10-19-2)21(17,18)13-6-7-14(20-3)12(11-13)5-4-8-15/h6-7,11H,8-10,15H2,1-3H3. The second-order valence-corrected chi connectivity index (χ2v) is 6.23. The van der Waals surface area contributed by atoms with Crippen LogP contribution in [0.15, 0.2) is 23.1 Å². The number of hydrogen-bond acceptors (Lipinski definition) is 5. The van der Waals surface area contributed by atoms with Crippen LogP contribution in [0.4, 0.5) is 0 Å². The highest BCUT2D eigenvalue weighted by atomic mass is 32.2. The zero-order valence-corrected chi connectivity index (χ0v) is 13.2. The summed E-state index contributed by atoms with van der Waals surface area (Å²) in [6, 6.07) is 4.56. The summed E-state index contributed by atoms with van der Waals surface area (Å²) in [6.45, 7) is 0.786. The minimum absolute atomic E-state index is 0.156. The second-order valence-electron chi connectivity index (χ2n) is 4.19. The lowest BCUT2D eigenvalue weighted by molar-refractivity contribution is 0.185. The molecule has 0 saturated carbocycles. The third-order valence-corrected chi connectivity index (χ3v) is 4.67. The van der Waals surface area contributed by atoms with Crippen LogP contribution in [0.1, 0.15) is 5.56 Å². The van der Waals surface area contributed by atoms with E-state index in [1.54, 1.807) is 6.07 Å². The molecule has 0 unspecified atom stereocenters. The topological polar surface area (TPSA) is 81.9 Å². The van der Waals surface area contributed by atoms with Crippen molar-refractivity contribution < 1.29 is 17.9 Å². The molecule has 0 atom stereocenters. The lowest BCUT2D eigenvalue weighted by Crippen LogP contribution is -2.30. The van der Waals surface area contributed by atoms with E-state index in [2.05, 4.69) is 11.8 Å². The van der Waals surface area contributed by atoms with Gasteiger partial charge in [0.2, 0.25) is 10.0 Å². The van der Waals surface area contributed by atoms with E-state index in [0.29, 0.717) is 17.9 Å². The lowest BCUT2D eigenvalue weighted by atomic mass is 10.2. The van der Waals surface area contributed by atoms with Gasteiger partial charge in [0.1, 0.15) is 5.75 Å². The molecule has 0 spiro atoms. The van der Waals surface area contributed by atoms with E-state index >= 15 is 0 Å². The van der Waals surface area contributed by atoms with Crippen LogP contribution in [0, 0.1) is 11.8 Å². The molecule has 0 aliphatic carbocycles. The van der Waals surface area contributed by atoms with Gasteiger partial charge in [0.15, 0.2) is 0 Å². The zero-order valence-electron chi connectivity index (χ0n) is 12.4. The molecular formula is C14H20N2O4S. The largest absolute Gasteiger partial charge is 0.495 e. The van der Waals surface area contributed by atoms with Crippen molar-refractivity contribution in [3.63, 3.8) is 0 Å². The molecule has 1 aromatic carbocycles. The summed E-state index contributed by atoms with van der Waals surface area (Å²) in [7, 11) is 0.943. The van der Waals surface area contributed by atoms with E-state index in [0.717, 1.165) is 0 Å². The van der Waals surface area contributed by atoms with E-state index in [4.69, 9.17) is 15.2 Å². The molecule has 2 N–H and O–H groups in total. The molecule has 0 aliphatic heterocycles. The summed E-state index contributed by atoms with van der Waals surface area (Å²) in [6.07, 6.45) is 0. The fraction of sp³-hybridized carbons (Fsp3) is 0.429. The Hall–Kier alpha value is -1.59. The van der Waals surface area contributed by atoms with Gasteiger partial charge in [-0.15, -0.1) is 0 Å². The zero-order chi connectivity index (χ0) is 15.9. The van der Waals surface area contributed by atoms with Gasteiger partial charge >= 0.3 is 0 Å². The molecule has 0 radical (unpaired) electrons. The normalized spacial score (nSPS) is 11.1. The van der Waals surface area contributed by atoms with Crippen LogP contribution in [-0.4, -0.2) is 53.7 Å². The molecule has 0 fully saturated rings. The fourth-order valence-corrected chi connectivity index (χ4v) is 2.79. The highest BCUT2D eigenvalue weighted by Crippen LogP contribution is 2.23. The highest BCUT2D eigenvalue weighted by molar-refractivity contribution is 7.89. The Morgan fingerprint density at radius 3 is 2.62 bits per heavy atom. The molecule has 1 aromatic rings. The van der Waals surface area contributed by atoms with Gasteiger partial charge in [-0.25, -0.2) is 8.42 Å². The van der Waals surface area contributed by atoms with Crippen LogP contribution in [0.25, 0.3) is 0 Å². The summed E-state index contributed by atoms with van der Waals surface area (Å²) >= 11 is 0. The quantitative estimate of drug-likeness (QED) is 0.763. The molecule has 0 aromatic heterocycles. The summed E-state index contributed by atoms with van der Waals surface area (Å²) in [5, 5.41) is 0. The average Bonchev–Trinajstić information content (AvgIpc) is 2.49. The van der Waals surface area contributed by atoms with Crippen molar-refractivity contribution in [1.29, 1.82) is 0 Å². The van der Waals surface area contributed by atoms with E-state index in [1.807, 2.05) is 0 Å². The van der Waals surface area contributed by atoms with Crippen LogP contribution in [0.3, 0.4) is 0 Å². The Kier molecular flexibility index (Phi) is 6.65. The van der Waals surface area contributed by atoms with Crippen LogP contribution in [-0.2, 0) is 14.8 Å². The smallest absolute Gasteiger partial charge is 0.242 e. The first-order chi connectivity index (χ1) is 9.97. The third kappa shape index (κ3) is 4.44. The van der Waals surface area contributed by atoms with Gasteiger partial charge in [-0.3, -0.25) is 0 Å². The average molecular weight is 312 g/mol. The SMILES string of the molecule is COCCN(C)S(=O)(=O)c1ccc(OC)c(C#CCN)c1. The predicted molar refractivity (Wildman–Crippen MR) is 80.6 cm³/mol. The molecule has 7 heteroatoms. The van der Waals surface area contributed by atoms with Crippen molar-refractivity contribution in [2.45, 2.75) is 4.90 Å². The number of sulfonamides is 1. The van der Waals surface area contributed by atoms with Crippen molar-refractivity contribution >= 4 is 10.0 Å². The van der Waals surface area contributed by atoms with Gasteiger partial charge in [-0.2, -0.15) is 4.31 Å². The maximum Gasteiger partial charge on any atom is 0.242 e. The molecule has 0 aliphatic rings.